The zero-order chi connectivity index (χ0) is 15.9. The molecule has 2 nitrogen and oxygen atoms in total. The van der Waals surface area contributed by atoms with Gasteiger partial charge in [0.15, 0.2) is 0 Å². The number of benzene rings is 2. The van der Waals surface area contributed by atoms with Gasteiger partial charge in [0.2, 0.25) is 5.91 Å². The lowest BCUT2D eigenvalue weighted by Crippen LogP contribution is -2.12. The highest BCUT2D eigenvalue weighted by Crippen LogP contribution is 2.32. The molecule has 22 heavy (non-hydrogen) atoms. The topological polar surface area (TPSA) is 29.1 Å². The van der Waals surface area contributed by atoms with Gasteiger partial charge in [-0.2, -0.15) is 11.8 Å². The van der Waals surface area contributed by atoms with Gasteiger partial charge >= 0.3 is 0 Å². The van der Waals surface area contributed by atoms with Crippen LogP contribution in [-0.2, 0) is 10.5 Å². The molecule has 0 saturated carbocycles. The maximum atomic E-state index is 11.9. The average molecular weight is 375 g/mol. The molecule has 0 atom stereocenters. The van der Waals surface area contributed by atoms with Crippen LogP contribution in [0, 0.1) is 0 Å². The van der Waals surface area contributed by atoms with E-state index in [2.05, 4.69) is 17.4 Å². The first-order valence-corrected chi connectivity index (χ1v) is 8.91. The lowest BCUT2D eigenvalue weighted by molar-refractivity contribution is -0.115. The molecule has 116 valence electrons. The van der Waals surface area contributed by atoms with Crippen LogP contribution in [0.5, 0.6) is 0 Å². The summed E-state index contributed by atoms with van der Waals surface area (Å²) in [6.07, 6.45) is 0.411. The van der Waals surface area contributed by atoms with Crippen molar-refractivity contribution in [1.82, 2.24) is 0 Å². The van der Waals surface area contributed by atoms with Crippen molar-refractivity contribution >= 4 is 58.2 Å². The Labute approximate surface area is 149 Å². The molecule has 0 unspecified atom stereocenters. The molecule has 1 amide bonds. The predicted octanol–water partition coefficient (Wildman–Crippen LogP) is 5.91. The zero-order valence-electron chi connectivity index (χ0n) is 11.6. The van der Waals surface area contributed by atoms with Crippen LogP contribution in [0.15, 0.2) is 42.5 Å². The van der Waals surface area contributed by atoms with E-state index < -0.39 is 0 Å². The van der Waals surface area contributed by atoms with E-state index in [0.717, 1.165) is 11.5 Å². The van der Waals surface area contributed by atoms with Crippen LogP contribution in [0.25, 0.3) is 0 Å². The van der Waals surface area contributed by atoms with Crippen molar-refractivity contribution < 1.29 is 4.79 Å². The van der Waals surface area contributed by atoms with Gasteiger partial charge in [0, 0.05) is 17.9 Å². The van der Waals surface area contributed by atoms with Crippen molar-refractivity contribution in [2.75, 3.05) is 11.1 Å². The van der Waals surface area contributed by atoms with Crippen molar-refractivity contribution in [2.24, 2.45) is 0 Å². The Morgan fingerprint density at radius 1 is 1.00 bits per heavy atom. The summed E-state index contributed by atoms with van der Waals surface area (Å²) in [6, 6.07) is 13.2. The van der Waals surface area contributed by atoms with Gasteiger partial charge in [-0.05, 0) is 17.7 Å². The Hall–Kier alpha value is -0.870. The zero-order valence-corrected chi connectivity index (χ0v) is 14.7. The molecule has 0 fully saturated rings. The van der Waals surface area contributed by atoms with Crippen LogP contribution < -0.4 is 5.32 Å². The average Bonchev–Trinajstić information content (AvgIpc) is 2.50. The Balaban J connectivity index is 1.77. The summed E-state index contributed by atoms with van der Waals surface area (Å²) >= 11 is 19.5. The summed E-state index contributed by atoms with van der Waals surface area (Å²) in [7, 11) is 0. The maximum absolute atomic E-state index is 11.9. The highest BCUT2D eigenvalue weighted by atomic mass is 35.5. The first kappa shape index (κ1) is 17.5. The quantitative estimate of drug-likeness (QED) is 0.503. The second-order valence-electron chi connectivity index (χ2n) is 4.58. The monoisotopic (exact) mass is 373 g/mol. The van der Waals surface area contributed by atoms with Gasteiger partial charge in [0.25, 0.3) is 0 Å². The predicted molar refractivity (Wildman–Crippen MR) is 97.3 cm³/mol. The summed E-state index contributed by atoms with van der Waals surface area (Å²) in [4.78, 5) is 11.9. The van der Waals surface area contributed by atoms with Crippen LogP contribution >= 0.6 is 46.6 Å². The third kappa shape index (κ3) is 5.40. The molecule has 2 rings (SSSR count). The van der Waals surface area contributed by atoms with Crippen LogP contribution in [0.4, 0.5) is 5.69 Å². The number of thioether (sulfide) groups is 1. The van der Waals surface area contributed by atoms with Crippen LogP contribution in [-0.4, -0.2) is 11.7 Å². The third-order valence-corrected chi connectivity index (χ3v) is 4.93. The minimum Gasteiger partial charge on any atom is -0.325 e. The van der Waals surface area contributed by atoms with Gasteiger partial charge in [-0.1, -0.05) is 65.1 Å². The molecule has 0 aromatic heterocycles. The fourth-order valence-corrected chi connectivity index (χ4v) is 3.26. The van der Waals surface area contributed by atoms with Crippen molar-refractivity contribution in [3.8, 4) is 0 Å². The Bertz CT molecular complexity index is 649. The summed E-state index contributed by atoms with van der Waals surface area (Å²) < 4.78 is 0. The smallest absolute Gasteiger partial charge is 0.225 e. The molecule has 2 aromatic carbocycles. The third-order valence-electron chi connectivity index (χ3n) is 2.87. The van der Waals surface area contributed by atoms with Crippen molar-refractivity contribution in [2.45, 2.75) is 12.2 Å². The molecule has 2 aromatic rings. The number of anilines is 1. The molecule has 0 radical (unpaired) electrons. The molecule has 1 N–H and O–H groups in total. The highest BCUT2D eigenvalue weighted by Gasteiger charge is 2.09. The molecule has 6 heteroatoms. The molecule has 0 bridgehead atoms. The van der Waals surface area contributed by atoms with Gasteiger partial charge in [-0.3, -0.25) is 4.79 Å². The minimum absolute atomic E-state index is 0.0964. The van der Waals surface area contributed by atoms with E-state index in [1.807, 2.05) is 18.2 Å². The van der Waals surface area contributed by atoms with Crippen molar-refractivity contribution in [3.63, 3.8) is 0 Å². The highest BCUT2D eigenvalue weighted by molar-refractivity contribution is 7.98. The number of hydrogen-bond acceptors (Lipinski definition) is 2. The Kier molecular flexibility index (Phi) is 6.90. The van der Waals surface area contributed by atoms with Crippen molar-refractivity contribution in [1.29, 1.82) is 0 Å². The molecule has 0 heterocycles. The lowest BCUT2D eigenvalue weighted by atomic mass is 10.2. The summed E-state index contributed by atoms with van der Waals surface area (Å²) in [5.41, 5.74) is 1.73. The fourth-order valence-electron chi connectivity index (χ4n) is 1.76. The first-order chi connectivity index (χ1) is 10.6. The van der Waals surface area contributed by atoms with Crippen LogP contribution in [0.3, 0.4) is 0 Å². The van der Waals surface area contributed by atoms with Gasteiger partial charge in [-0.25, -0.2) is 0 Å². The number of rotatable bonds is 6. The van der Waals surface area contributed by atoms with Crippen LogP contribution in [0.2, 0.25) is 15.1 Å². The second-order valence-corrected chi connectivity index (χ2v) is 6.91. The molecule has 0 aliphatic carbocycles. The first-order valence-electron chi connectivity index (χ1n) is 6.62. The number of nitrogens with one attached hydrogen (secondary N) is 1. The largest absolute Gasteiger partial charge is 0.325 e. The number of hydrogen-bond donors (Lipinski definition) is 1. The molecule has 0 aliphatic rings. The van der Waals surface area contributed by atoms with E-state index in [-0.39, 0.29) is 5.91 Å². The molecular formula is C16H14Cl3NOS. The SMILES string of the molecule is O=C(CCSCc1ccccc1)Nc1cc(Cl)c(Cl)cc1Cl. The van der Waals surface area contributed by atoms with Crippen molar-refractivity contribution in [3.05, 3.63) is 63.1 Å². The van der Waals surface area contributed by atoms with Crippen LogP contribution in [0.1, 0.15) is 12.0 Å². The summed E-state index contributed by atoms with van der Waals surface area (Å²) in [6.45, 7) is 0. The van der Waals surface area contributed by atoms with E-state index in [1.54, 1.807) is 17.8 Å². The lowest BCUT2D eigenvalue weighted by Gasteiger charge is -2.08. The molecular weight excluding hydrogens is 361 g/mol. The van der Waals surface area contributed by atoms with Gasteiger partial charge in [0.05, 0.1) is 20.8 Å². The van der Waals surface area contributed by atoms with Gasteiger partial charge in [0.1, 0.15) is 0 Å². The van der Waals surface area contributed by atoms with E-state index in [4.69, 9.17) is 34.8 Å². The fraction of sp³-hybridized carbons (Fsp3) is 0.188. The van der Waals surface area contributed by atoms with Gasteiger partial charge in [-0.15, -0.1) is 0 Å². The second kappa shape index (κ2) is 8.68. The van der Waals surface area contributed by atoms with E-state index in [1.165, 1.54) is 11.6 Å². The molecule has 0 aliphatic heterocycles. The molecule has 0 saturated heterocycles. The minimum atomic E-state index is -0.0964. The number of carbonyl (C=O) groups excluding carboxylic acids is 1. The number of halogens is 3. The van der Waals surface area contributed by atoms with E-state index in [0.29, 0.717) is 27.2 Å². The van der Waals surface area contributed by atoms with Gasteiger partial charge < -0.3 is 5.32 Å². The number of carbonyl (C=O) groups is 1. The standard InChI is InChI=1S/C16H14Cl3NOS/c17-12-8-14(19)15(9-13(12)18)20-16(21)6-7-22-10-11-4-2-1-3-5-11/h1-5,8-9H,6-7,10H2,(H,20,21). The Morgan fingerprint density at radius 3 is 2.41 bits per heavy atom. The van der Waals surface area contributed by atoms with E-state index >= 15 is 0 Å². The summed E-state index contributed by atoms with van der Waals surface area (Å²) in [5.74, 6) is 1.53. The normalized spacial score (nSPS) is 10.5. The van der Waals surface area contributed by atoms with E-state index in [9.17, 15) is 4.79 Å². The maximum Gasteiger partial charge on any atom is 0.225 e. The molecule has 0 spiro atoms. The Morgan fingerprint density at radius 2 is 1.68 bits per heavy atom. The summed E-state index contributed by atoms with van der Waals surface area (Å²) in [5, 5.41) is 3.85. The number of amides is 1.